The summed E-state index contributed by atoms with van der Waals surface area (Å²) < 4.78 is 0. The molecular formula is C20H34O2. The van der Waals surface area contributed by atoms with Gasteiger partial charge < -0.3 is 5.11 Å². The zero-order valence-corrected chi connectivity index (χ0v) is 14.3. The van der Waals surface area contributed by atoms with Crippen LogP contribution < -0.4 is 0 Å². The Bertz CT molecular complexity index is 327. The molecule has 0 spiro atoms. The minimum Gasteiger partial charge on any atom is -0.481 e. The molecule has 2 nitrogen and oxygen atoms in total. The summed E-state index contributed by atoms with van der Waals surface area (Å²) in [4.78, 5) is 10.3. The lowest BCUT2D eigenvalue weighted by molar-refractivity contribution is -0.136. The molecule has 0 bridgehead atoms. The molecule has 0 aromatic rings. The fraction of sp³-hybridized carbons (Fsp3) is 0.650. The number of rotatable bonds is 15. The molecule has 0 rings (SSSR count). The average molecular weight is 306 g/mol. The summed E-state index contributed by atoms with van der Waals surface area (Å²) in [5.74, 6) is -0.718. The van der Waals surface area contributed by atoms with Gasteiger partial charge in [-0.25, -0.2) is 0 Å². The number of carboxylic acid groups (broad SMARTS) is 1. The van der Waals surface area contributed by atoms with Gasteiger partial charge in [0.05, 0.1) is 0 Å². The first-order valence-electron chi connectivity index (χ1n) is 8.94. The molecular weight excluding hydrogens is 272 g/mol. The maximum atomic E-state index is 10.3. The van der Waals surface area contributed by atoms with Gasteiger partial charge in [0.15, 0.2) is 0 Å². The van der Waals surface area contributed by atoms with E-state index in [0.717, 1.165) is 25.7 Å². The molecule has 22 heavy (non-hydrogen) atoms. The second-order valence-electron chi connectivity index (χ2n) is 5.68. The van der Waals surface area contributed by atoms with Gasteiger partial charge in [-0.05, 0) is 57.8 Å². The summed E-state index contributed by atoms with van der Waals surface area (Å²) in [6.07, 6.45) is 26.4. The van der Waals surface area contributed by atoms with E-state index in [4.69, 9.17) is 5.11 Å². The predicted octanol–water partition coefficient (Wildman–Crippen LogP) is 6.44. The first-order valence-corrected chi connectivity index (χ1v) is 8.94. The van der Waals surface area contributed by atoms with E-state index < -0.39 is 5.97 Å². The Kier molecular flexibility index (Phi) is 16.7. The lowest BCUT2D eigenvalue weighted by Gasteiger charge is -1.97. The van der Waals surface area contributed by atoms with Crippen LogP contribution in [0.15, 0.2) is 36.5 Å². The van der Waals surface area contributed by atoms with Gasteiger partial charge in [0.25, 0.3) is 0 Å². The van der Waals surface area contributed by atoms with Crippen molar-refractivity contribution in [2.75, 3.05) is 0 Å². The van der Waals surface area contributed by atoms with Crippen molar-refractivity contribution in [1.82, 2.24) is 0 Å². The predicted molar refractivity (Wildman–Crippen MR) is 96.1 cm³/mol. The third-order valence-electron chi connectivity index (χ3n) is 3.49. The van der Waals surface area contributed by atoms with Crippen LogP contribution in [0.4, 0.5) is 0 Å². The summed E-state index contributed by atoms with van der Waals surface area (Å²) in [6.45, 7) is 2.18. The molecule has 0 aliphatic heterocycles. The maximum Gasteiger partial charge on any atom is 0.303 e. The van der Waals surface area contributed by atoms with Crippen molar-refractivity contribution in [2.45, 2.75) is 84.0 Å². The second kappa shape index (κ2) is 17.7. The molecule has 0 aliphatic rings. The van der Waals surface area contributed by atoms with E-state index in [1.54, 1.807) is 0 Å². The quantitative estimate of drug-likeness (QED) is 0.279. The minimum atomic E-state index is -0.718. The van der Waals surface area contributed by atoms with Crippen LogP contribution >= 0.6 is 0 Å². The van der Waals surface area contributed by atoms with Crippen LogP contribution in [0, 0.1) is 0 Å². The molecule has 0 amide bonds. The molecule has 2 heteroatoms. The topological polar surface area (TPSA) is 37.3 Å². The molecule has 0 radical (unpaired) electrons. The third-order valence-corrected chi connectivity index (χ3v) is 3.49. The maximum absolute atomic E-state index is 10.3. The normalized spacial score (nSPS) is 12.0. The van der Waals surface area contributed by atoms with Gasteiger partial charge in [-0.3, -0.25) is 4.79 Å². The highest BCUT2D eigenvalue weighted by Crippen LogP contribution is 2.07. The standard InChI is InChI=1S/C20H34O2/c1-2-3-4-5-6-7-8-9-10-11-12-13-14-15-16-17-18-19-20(21)22/h3-4,11-12,16-17H,2,5-10,13-15,18-19H2,1H3,(H,21,22)/b4-3+,12-11+,17-16+. The fourth-order valence-corrected chi connectivity index (χ4v) is 2.19. The third kappa shape index (κ3) is 18.7. The Morgan fingerprint density at radius 1 is 0.682 bits per heavy atom. The summed E-state index contributed by atoms with van der Waals surface area (Å²) in [5, 5.41) is 8.49. The van der Waals surface area contributed by atoms with Crippen LogP contribution in [0.1, 0.15) is 84.0 Å². The SMILES string of the molecule is CC/C=C/CCCCCC/C=C/CCC/C=C/CCC(=O)O. The van der Waals surface area contributed by atoms with E-state index in [-0.39, 0.29) is 6.42 Å². The van der Waals surface area contributed by atoms with E-state index in [1.807, 2.05) is 6.08 Å². The van der Waals surface area contributed by atoms with Crippen LogP contribution in [0.3, 0.4) is 0 Å². The molecule has 0 aliphatic carbocycles. The van der Waals surface area contributed by atoms with Crippen molar-refractivity contribution >= 4 is 5.97 Å². The molecule has 0 atom stereocenters. The number of hydrogen-bond acceptors (Lipinski definition) is 1. The zero-order valence-electron chi connectivity index (χ0n) is 14.3. The van der Waals surface area contributed by atoms with Gasteiger partial charge >= 0.3 is 5.97 Å². The highest BCUT2D eigenvalue weighted by molar-refractivity contribution is 5.66. The summed E-state index contributed by atoms with van der Waals surface area (Å²) >= 11 is 0. The van der Waals surface area contributed by atoms with E-state index in [9.17, 15) is 4.79 Å². The molecule has 0 unspecified atom stereocenters. The molecule has 126 valence electrons. The van der Waals surface area contributed by atoms with Gasteiger partial charge in [-0.2, -0.15) is 0 Å². The number of unbranched alkanes of at least 4 members (excludes halogenated alkanes) is 7. The molecule has 0 fully saturated rings. The number of hydrogen-bond donors (Lipinski definition) is 1. The Hall–Kier alpha value is -1.31. The lowest BCUT2D eigenvalue weighted by Crippen LogP contribution is -1.91. The second-order valence-corrected chi connectivity index (χ2v) is 5.68. The smallest absolute Gasteiger partial charge is 0.303 e. The van der Waals surface area contributed by atoms with Crippen LogP contribution in [0.25, 0.3) is 0 Å². The Balaban J connectivity index is 3.21. The first kappa shape index (κ1) is 20.7. The first-order chi connectivity index (χ1) is 10.8. The average Bonchev–Trinajstić information content (AvgIpc) is 2.50. The molecule has 0 aromatic heterocycles. The molecule has 1 N–H and O–H groups in total. The number of carbonyl (C=O) groups is 1. The highest BCUT2D eigenvalue weighted by atomic mass is 16.4. The van der Waals surface area contributed by atoms with Crippen molar-refractivity contribution in [3.63, 3.8) is 0 Å². The number of aliphatic carboxylic acids is 1. The fourth-order valence-electron chi connectivity index (χ4n) is 2.19. The van der Waals surface area contributed by atoms with Gasteiger partial charge in [0.1, 0.15) is 0 Å². The van der Waals surface area contributed by atoms with Crippen molar-refractivity contribution in [1.29, 1.82) is 0 Å². The van der Waals surface area contributed by atoms with Crippen molar-refractivity contribution in [3.8, 4) is 0 Å². The van der Waals surface area contributed by atoms with Gasteiger partial charge in [-0.15, -0.1) is 0 Å². The zero-order chi connectivity index (χ0) is 16.3. The van der Waals surface area contributed by atoms with Crippen LogP contribution in [-0.2, 0) is 4.79 Å². The minimum absolute atomic E-state index is 0.241. The molecule has 0 aromatic carbocycles. The van der Waals surface area contributed by atoms with Crippen molar-refractivity contribution in [3.05, 3.63) is 36.5 Å². The number of carboxylic acids is 1. The monoisotopic (exact) mass is 306 g/mol. The summed E-state index contributed by atoms with van der Waals surface area (Å²) in [5.41, 5.74) is 0. The van der Waals surface area contributed by atoms with E-state index in [2.05, 4.69) is 37.3 Å². The van der Waals surface area contributed by atoms with E-state index >= 15 is 0 Å². The van der Waals surface area contributed by atoms with E-state index in [1.165, 1.54) is 38.5 Å². The molecule has 0 saturated heterocycles. The summed E-state index contributed by atoms with van der Waals surface area (Å²) in [6, 6.07) is 0. The van der Waals surface area contributed by atoms with Gasteiger partial charge in [-0.1, -0.05) is 56.2 Å². The molecule has 0 saturated carbocycles. The van der Waals surface area contributed by atoms with Crippen molar-refractivity contribution < 1.29 is 9.90 Å². The van der Waals surface area contributed by atoms with Crippen molar-refractivity contribution in [2.24, 2.45) is 0 Å². The van der Waals surface area contributed by atoms with Gasteiger partial charge in [0, 0.05) is 6.42 Å². The molecule has 0 heterocycles. The van der Waals surface area contributed by atoms with E-state index in [0.29, 0.717) is 6.42 Å². The summed E-state index contributed by atoms with van der Waals surface area (Å²) in [7, 11) is 0. The van der Waals surface area contributed by atoms with Crippen LogP contribution in [0.5, 0.6) is 0 Å². The Labute approximate surface area is 137 Å². The number of allylic oxidation sites excluding steroid dienone is 6. The highest BCUT2D eigenvalue weighted by Gasteiger charge is 1.91. The van der Waals surface area contributed by atoms with Crippen LogP contribution in [0.2, 0.25) is 0 Å². The largest absolute Gasteiger partial charge is 0.481 e. The van der Waals surface area contributed by atoms with Crippen LogP contribution in [-0.4, -0.2) is 11.1 Å². The van der Waals surface area contributed by atoms with Gasteiger partial charge in [0.2, 0.25) is 0 Å². The lowest BCUT2D eigenvalue weighted by atomic mass is 10.1. The Morgan fingerprint density at radius 2 is 1.14 bits per heavy atom. The Morgan fingerprint density at radius 3 is 1.64 bits per heavy atom.